The lowest BCUT2D eigenvalue weighted by Crippen LogP contribution is -2.23. The van der Waals surface area contributed by atoms with Crippen LogP contribution < -0.4 is 4.74 Å². The van der Waals surface area contributed by atoms with E-state index in [1.165, 1.54) is 0 Å². The van der Waals surface area contributed by atoms with Gasteiger partial charge in [0.2, 0.25) is 5.88 Å². The van der Waals surface area contributed by atoms with Crippen molar-refractivity contribution in [3.63, 3.8) is 0 Å². The Morgan fingerprint density at radius 3 is 2.75 bits per heavy atom. The molecule has 2 heterocycles. The van der Waals surface area contributed by atoms with Gasteiger partial charge in [0.05, 0.1) is 0 Å². The van der Waals surface area contributed by atoms with Crippen molar-refractivity contribution < 1.29 is 9.53 Å². The van der Waals surface area contributed by atoms with Crippen molar-refractivity contribution in [1.29, 1.82) is 0 Å². The van der Waals surface area contributed by atoms with E-state index in [0.29, 0.717) is 17.2 Å². The molecule has 84 valence electrons. The highest BCUT2D eigenvalue weighted by atomic mass is 16.5. The van der Waals surface area contributed by atoms with Gasteiger partial charge in [-0.3, -0.25) is 9.20 Å². The number of rotatable bonds is 2. The molecule has 2 rings (SSSR count). The molecule has 0 aliphatic heterocycles. The maximum absolute atomic E-state index is 11.0. The van der Waals surface area contributed by atoms with Crippen LogP contribution in [0.1, 0.15) is 31.3 Å². The number of aromatic nitrogens is 2. The second kappa shape index (κ2) is 3.63. The summed E-state index contributed by atoms with van der Waals surface area (Å²) < 4.78 is 7.36. The summed E-state index contributed by atoms with van der Waals surface area (Å²) in [5.41, 5.74) is 0.796. The maximum Gasteiger partial charge on any atom is 0.244 e. The molecular formula is C12H14N2O2. The molecular weight excluding hydrogens is 204 g/mol. The smallest absolute Gasteiger partial charge is 0.244 e. The number of fused-ring (bicyclic) bond motifs is 1. The molecule has 2 aromatic heterocycles. The average Bonchev–Trinajstić information content (AvgIpc) is 2.51. The molecule has 0 unspecified atom stereocenters. The van der Waals surface area contributed by atoms with Crippen molar-refractivity contribution in [1.82, 2.24) is 9.38 Å². The van der Waals surface area contributed by atoms with Crippen LogP contribution in [0.5, 0.6) is 5.88 Å². The van der Waals surface area contributed by atoms with E-state index in [-0.39, 0.29) is 5.60 Å². The summed E-state index contributed by atoms with van der Waals surface area (Å²) >= 11 is 0. The van der Waals surface area contributed by atoms with Gasteiger partial charge in [-0.1, -0.05) is 6.07 Å². The minimum absolute atomic E-state index is 0.365. The molecule has 0 aliphatic rings. The van der Waals surface area contributed by atoms with Crippen LogP contribution in [0.3, 0.4) is 0 Å². The van der Waals surface area contributed by atoms with Gasteiger partial charge in [-0.05, 0) is 32.9 Å². The first kappa shape index (κ1) is 10.7. The SMILES string of the molecule is CC(C)(C)Oc1nc2ccccn2c1C=O. The van der Waals surface area contributed by atoms with Gasteiger partial charge in [-0.2, -0.15) is 4.98 Å². The van der Waals surface area contributed by atoms with Gasteiger partial charge in [0, 0.05) is 6.20 Å². The molecule has 0 spiro atoms. The molecule has 4 nitrogen and oxygen atoms in total. The number of carbonyl (C=O) groups is 1. The molecule has 16 heavy (non-hydrogen) atoms. The van der Waals surface area contributed by atoms with E-state index in [1.54, 1.807) is 10.6 Å². The fourth-order valence-electron chi connectivity index (χ4n) is 1.47. The van der Waals surface area contributed by atoms with Crippen LogP contribution in [0.2, 0.25) is 0 Å². The number of imidazole rings is 1. The van der Waals surface area contributed by atoms with E-state index >= 15 is 0 Å². The third-order valence-corrected chi connectivity index (χ3v) is 2.05. The zero-order valence-corrected chi connectivity index (χ0v) is 9.60. The molecule has 0 atom stereocenters. The molecule has 0 fully saturated rings. The summed E-state index contributed by atoms with van der Waals surface area (Å²) in [6.45, 7) is 5.77. The Bertz CT molecular complexity index is 523. The van der Waals surface area contributed by atoms with E-state index in [4.69, 9.17) is 4.74 Å². The number of hydrogen-bond acceptors (Lipinski definition) is 3. The average molecular weight is 218 g/mol. The molecule has 0 N–H and O–H groups in total. The second-order valence-corrected chi connectivity index (χ2v) is 4.56. The molecule has 0 bridgehead atoms. The third kappa shape index (κ3) is 1.91. The number of carbonyl (C=O) groups excluding carboxylic acids is 1. The predicted octanol–water partition coefficient (Wildman–Crippen LogP) is 2.32. The number of nitrogens with zero attached hydrogens (tertiary/aromatic N) is 2. The highest BCUT2D eigenvalue weighted by Crippen LogP contribution is 2.22. The van der Waals surface area contributed by atoms with Crippen molar-refractivity contribution in [3.05, 3.63) is 30.1 Å². The van der Waals surface area contributed by atoms with E-state index in [1.807, 2.05) is 39.0 Å². The second-order valence-electron chi connectivity index (χ2n) is 4.56. The first-order valence-corrected chi connectivity index (χ1v) is 5.12. The number of aldehydes is 1. The third-order valence-electron chi connectivity index (χ3n) is 2.05. The van der Waals surface area contributed by atoms with Gasteiger partial charge >= 0.3 is 0 Å². The summed E-state index contributed by atoms with van der Waals surface area (Å²) in [4.78, 5) is 15.3. The summed E-state index contributed by atoms with van der Waals surface area (Å²) in [5, 5.41) is 0. The molecule has 0 amide bonds. The van der Waals surface area contributed by atoms with Gasteiger partial charge < -0.3 is 4.74 Å². The first-order valence-electron chi connectivity index (χ1n) is 5.12. The molecule has 2 aromatic rings. The topological polar surface area (TPSA) is 43.6 Å². The van der Waals surface area contributed by atoms with Crippen LogP contribution in [-0.2, 0) is 0 Å². The Morgan fingerprint density at radius 2 is 2.12 bits per heavy atom. The van der Waals surface area contributed by atoms with E-state index < -0.39 is 0 Å². The lowest BCUT2D eigenvalue weighted by atomic mass is 10.2. The van der Waals surface area contributed by atoms with Crippen molar-refractivity contribution in [2.24, 2.45) is 0 Å². The van der Waals surface area contributed by atoms with Crippen LogP contribution in [0.4, 0.5) is 0 Å². The van der Waals surface area contributed by atoms with E-state index in [9.17, 15) is 4.79 Å². The van der Waals surface area contributed by atoms with Crippen LogP contribution in [0.15, 0.2) is 24.4 Å². The van der Waals surface area contributed by atoms with E-state index in [0.717, 1.165) is 6.29 Å². The summed E-state index contributed by atoms with van der Waals surface area (Å²) in [6, 6.07) is 5.56. The van der Waals surface area contributed by atoms with Crippen molar-refractivity contribution in [3.8, 4) is 5.88 Å². The molecule has 0 saturated carbocycles. The molecule has 0 aromatic carbocycles. The van der Waals surface area contributed by atoms with Gasteiger partial charge in [0.15, 0.2) is 6.29 Å². The fourth-order valence-corrected chi connectivity index (χ4v) is 1.47. The Labute approximate surface area is 93.9 Å². The van der Waals surface area contributed by atoms with Gasteiger partial charge in [-0.25, -0.2) is 0 Å². The monoisotopic (exact) mass is 218 g/mol. The lowest BCUT2D eigenvalue weighted by Gasteiger charge is -2.19. The number of ether oxygens (including phenoxy) is 1. The Balaban J connectivity index is 2.57. The minimum Gasteiger partial charge on any atom is -0.470 e. The van der Waals surface area contributed by atoms with Gasteiger partial charge in [-0.15, -0.1) is 0 Å². The fraction of sp³-hybridized carbons (Fsp3) is 0.333. The highest BCUT2D eigenvalue weighted by molar-refractivity contribution is 5.78. The molecule has 0 saturated heterocycles. The van der Waals surface area contributed by atoms with E-state index in [2.05, 4.69) is 4.98 Å². The molecule has 0 radical (unpaired) electrons. The zero-order chi connectivity index (χ0) is 11.8. The van der Waals surface area contributed by atoms with Crippen molar-refractivity contribution in [2.75, 3.05) is 0 Å². The molecule has 4 heteroatoms. The zero-order valence-electron chi connectivity index (χ0n) is 9.60. The predicted molar refractivity (Wildman–Crippen MR) is 61.0 cm³/mol. The van der Waals surface area contributed by atoms with Crippen LogP contribution in [-0.4, -0.2) is 21.3 Å². The van der Waals surface area contributed by atoms with Gasteiger partial charge in [0.25, 0.3) is 0 Å². The molecule has 0 aliphatic carbocycles. The van der Waals surface area contributed by atoms with Crippen LogP contribution in [0.25, 0.3) is 5.65 Å². The summed E-state index contributed by atoms with van der Waals surface area (Å²) in [5.74, 6) is 0.383. The van der Waals surface area contributed by atoms with Crippen LogP contribution >= 0.6 is 0 Å². The minimum atomic E-state index is -0.365. The Hall–Kier alpha value is -1.84. The quantitative estimate of drug-likeness (QED) is 0.726. The van der Waals surface area contributed by atoms with Crippen LogP contribution in [0, 0.1) is 0 Å². The summed E-state index contributed by atoms with van der Waals surface area (Å²) in [7, 11) is 0. The number of pyridine rings is 1. The normalized spacial score (nSPS) is 11.7. The highest BCUT2D eigenvalue weighted by Gasteiger charge is 2.19. The Kier molecular flexibility index (Phi) is 2.42. The summed E-state index contributed by atoms with van der Waals surface area (Å²) in [6.07, 6.45) is 2.56. The first-order chi connectivity index (χ1) is 7.51. The van der Waals surface area contributed by atoms with Gasteiger partial charge in [0.1, 0.15) is 16.9 Å². The standard InChI is InChI=1S/C12H14N2O2/c1-12(2,3)16-11-9(8-15)14-7-5-4-6-10(14)13-11/h4-8H,1-3H3. The van der Waals surface area contributed by atoms with Crippen molar-refractivity contribution in [2.45, 2.75) is 26.4 Å². The largest absolute Gasteiger partial charge is 0.470 e. The van der Waals surface area contributed by atoms with Crippen molar-refractivity contribution >= 4 is 11.9 Å². The Morgan fingerprint density at radius 1 is 1.38 bits per heavy atom. The lowest BCUT2D eigenvalue weighted by molar-refractivity contribution is 0.107. The number of hydrogen-bond donors (Lipinski definition) is 0. The maximum atomic E-state index is 11.0.